The molecule has 0 radical (unpaired) electrons. The minimum absolute atomic E-state index is 0.00665. The lowest BCUT2D eigenvalue weighted by Crippen LogP contribution is -2.60. The zero-order valence-corrected chi connectivity index (χ0v) is 22.3. The van der Waals surface area contributed by atoms with Crippen LogP contribution in [-0.2, 0) is 19.2 Å². The summed E-state index contributed by atoms with van der Waals surface area (Å²) in [5.41, 5.74) is -1.46. The van der Waals surface area contributed by atoms with E-state index in [4.69, 9.17) is 0 Å². The van der Waals surface area contributed by atoms with Gasteiger partial charge in [-0.05, 0) is 56.3 Å². The van der Waals surface area contributed by atoms with Crippen molar-refractivity contribution in [3.8, 4) is 0 Å². The van der Waals surface area contributed by atoms with Crippen LogP contribution in [0.5, 0.6) is 0 Å². The van der Waals surface area contributed by atoms with Gasteiger partial charge < -0.3 is 21.3 Å². The molecule has 206 valence electrons. The van der Waals surface area contributed by atoms with Crippen molar-refractivity contribution < 1.29 is 32.3 Å². The predicted octanol–water partition coefficient (Wildman–Crippen LogP) is 2.95. The van der Waals surface area contributed by atoms with Crippen molar-refractivity contribution in [1.82, 2.24) is 21.3 Å². The van der Waals surface area contributed by atoms with Crippen LogP contribution in [0.1, 0.15) is 87.0 Å². The average Bonchev–Trinajstić information content (AvgIpc) is 3.43. The normalized spacial score (nSPS) is 22.2. The molecule has 1 heterocycles. The molecule has 4 N–H and O–H groups in total. The third-order valence-corrected chi connectivity index (χ3v) is 6.72. The second-order valence-electron chi connectivity index (χ2n) is 12.7. The van der Waals surface area contributed by atoms with E-state index >= 15 is 0 Å². The van der Waals surface area contributed by atoms with Gasteiger partial charge in [0.15, 0.2) is 0 Å². The Hall–Kier alpha value is -2.33. The minimum Gasteiger partial charge on any atom is -0.352 e. The Balaban J connectivity index is 2.07. The maximum absolute atomic E-state index is 13.2. The molecule has 2 aliphatic rings. The molecule has 0 aromatic carbocycles. The number of halogens is 3. The van der Waals surface area contributed by atoms with Gasteiger partial charge in [0, 0.05) is 17.5 Å². The van der Waals surface area contributed by atoms with Crippen LogP contribution < -0.4 is 21.3 Å². The van der Waals surface area contributed by atoms with Gasteiger partial charge >= 0.3 is 12.1 Å². The molecule has 11 heteroatoms. The third kappa shape index (κ3) is 8.65. The van der Waals surface area contributed by atoms with Crippen molar-refractivity contribution in [2.75, 3.05) is 0 Å². The molecule has 4 atom stereocenters. The highest BCUT2D eigenvalue weighted by molar-refractivity contribution is 5.93. The number of alkyl halides is 3. The van der Waals surface area contributed by atoms with E-state index in [1.807, 2.05) is 20.8 Å². The van der Waals surface area contributed by atoms with Gasteiger partial charge in [-0.25, -0.2) is 0 Å². The zero-order valence-electron chi connectivity index (χ0n) is 22.3. The van der Waals surface area contributed by atoms with Crippen LogP contribution in [0, 0.1) is 16.7 Å². The van der Waals surface area contributed by atoms with Gasteiger partial charge in [0.1, 0.15) is 12.1 Å². The Morgan fingerprint density at radius 1 is 0.972 bits per heavy atom. The van der Waals surface area contributed by atoms with E-state index in [0.717, 1.165) is 25.7 Å². The number of amides is 4. The van der Waals surface area contributed by atoms with Crippen LogP contribution in [0.3, 0.4) is 0 Å². The maximum Gasteiger partial charge on any atom is 0.471 e. The van der Waals surface area contributed by atoms with Gasteiger partial charge in [-0.3, -0.25) is 19.2 Å². The monoisotopic (exact) mass is 518 g/mol. The number of piperidine rings is 1. The largest absolute Gasteiger partial charge is 0.471 e. The van der Waals surface area contributed by atoms with E-state index < -0.39 is 46.8 Å². The summed E-state index contributed by atoms with van der Waals surface area (Å²) in [6.45, 7) is 12.0. The van der Waals surface area contributed by atoms with Gasteiger partial charge in [0.25, 0.3) is 0 Å². The summed E-state index contributed by atoms with van der Waals surface area (Å²) in [6.07, 6.45) is -0.809. The van der Waals surface area contributed by atoms with E-state index in [-0.39, 0.29) is 29.8 Å². The molecule has 2 fully saturated rings. The standard InChI is InChI=1S/C25H41F3N4O4/c1-14(12-15-8-9-24(10-11-24)32-18(15)33)29-19(34)16(13-22(2,3)4)30-20(35)17(23(5,6)7)31-21(36)25(26,27)28/h14-17H,8-13H2,1-7H3,(H,29,34)(H,30,35)(H,31,36)(H,32,33). The highest BCUT2D eigenvalue weighted by Gasteiger charge is 2.48. The lowest BCUT2D eigenvalue weighted by molar-refractivity contribution is -0.175. The number of hydrogen-bond acceptors (Lipinski definition) is 4. The van der Waals surface area contributed by atoms with Gasteiger partial charge in [-0.15, -0.1) is 0 Å². The van der Waals surface area contributed by atoms with E-state index in [0.29, 0.717) is 6.42 Å². The second-order valence-corrected chi connectivity index (χ2v) is 12.7. The lowest BCUT2D eigenvalue weighted by atomic mass is 9.84. The maximum atomic E-state index is 13.2. The summed E-state index contributed by atoms with van der Waals surface area (Å²) in [7, 11) is 0. The highest BCUT2D eigenvalue weighted by atomic mass is 19.4. The number of carbonyl (C=O) groups excluding carboxylic acids is 4. The van der Waals surface area contributed by atoms with Gasteiger partial charge in [0.2, 0.25) is 17.7 Å². The molecule has 1 saturated heterocycles. The predicted molar refractivity (Wildman–Crippen MR) is 128 cm³/mol. The molecule has 4 amide bonds. The highest BCUT2D eigenvalue weighted by Crippen LogP contribution is 2.44. The SMILES string of the molecule is CC(CC1CCC2(CC2)NC1=O)NC(=O)C(CC(C)(C)C)NC(=O)C(NC(=O)C(F)(F)F)C(C)(C)C. The summed E-state index contributed by atoms with van der Waals surface area (Å²) in [6, 6.07) is -2.91. The molecular formula is C25H41F3N4O4. The summed E-state index contributed by atoms with van der Waals surface area (Å²) in [5, 5.41) is 10.3. The fourth-order valence-electron chi connectivity index (χ4n) is 4.55. The summed E-state index contributed by atoms with van der Waals surface area (Å²) in [4.78, 5) is 50.2. The van der Waals surface area contributed by atoms with E-state index in [2.05, 4.69) is 16.0 Å². The van der Waals surface area contributed by atoms with Gasteiger partial charge in [-0.1, -0.05) is 41.5 Å². The molecule has 0 bridgehead atoms. The summed E-state index contributed by atoms with van der Waals surface area (Å²) < 4.78 is 38.5. The van der Waals surface area contributed by atoms with Crippen molar-refractivity contribution in [2.24, 2.45) is 16.7 Å². The Morgan fingerprint density at radius 3 is 2.00 bits per heavy atom. The number of rotatable bonds is 8. The molecule has 8 nitrogen and oxygen atoms in total. The van der Waals surface area contributed by atoms with Gasteiger partial charge in [-0.2, -0.15) is 13.2 Å². The zero-order chi connectivity index (χ0) is 27.7. The lowest BCUT2D eigenvalue weighted by Gasteiger charge is -2.34. The first kappa shape index (κ1) is 29.9. The Morgan fingerprint density at radius 2 is 1.56 bits per heavy atom. The third-order valence-electron chi connectivity index (χ3n) is 6.72. The Bertz CT molecular complexity index is 857. The van der Waals surface area contributed by atoms with Crippen LogP contribution in [0.15, 0.2) is 0 Å². The van der Waals surface area contributed by atoms with Crippen molar-refractivity contribution in [3.05, 3.63) is 0 Å². The first-order chi connectivity index (χ1) is 16.2. The summed E-state index contributed by atoms with van der Waals surface area (Å²) in [5.74, 6) is -3.81. The van der Waals surface area contributed by atoms with Crippen LogP contribution in [0.25, 0.3) is 0 Å². The molecule has 4 unspecified atom stereocenters. The molecule has 2 rings (SSSR count). The smallest absolute Gasteiger partial charge is 0.352 e. The molecular weight excluding hydrogens is 477 g/mol. The number of carbonyl (C=O) groups is 4. The van der Waals surface area contributed by atoms with Crippen molar-refractivity contribution >= 4 is 23.6 Å². The van der Waals surface area contributed by atoms with Crippen LogP contribution >= 0.6 is 0 Å². The van der Waals surface area contributed by atoms with Crippen molar-refractivity contribution in [1.29, 1.82) is 0 Å². The molecule has 1 saturated carbocycles. The van der Waals surface area contributed by atoms with E-state index in [1.165, 1.54) is 20.8 Å². The Labute approximate surface area is 211 Å². The first-order valence-corrected chi connectivity index (χ1v) is 12.5. The Kier molecular flexibility index (Phi) is 8.78. The van der Waals surface area contributed by atoms with Crippen molar-refractivity contribution in [2.45, 2.75) is 117 Å². The second kappa shape index (κ2) is 10.6. The summed E-state index contributed by atoms with van der Waals surface area (Å²) >= 11 is 0. The van der Waals surface area contributed by atoms with Crippen LogP contribution in [-0.4, -0.2) is 53.5 Å². The van der Waals surface area contributed by atoms with Gasteiger partial charge in [0.05, 0.1) is 0 Å². The fraction of sp³-hybridized carbons (Fsp3) is 0.840. The van der Waals surface area contributed by atoms with E-state index in [1.54, 1.807) is 12.2 Å². The van der Waals surface area contributed by atoms with E-state index in [9.17, 15) is 32.3 Å². The van der Waals surface area contributed by atoms with Crippen LogP contribution in [0.4, 0.5) is 13.2 Å². The molecule has 0 aromatic heterocycles. The van der Waals surface area contributed by atoms with Crippen molar-refractivity contribution in [3.63, 3.8) is 0 Å². The molecule has 0 aromatic rings. The van der Waals surface area contributed by atoms with Crippen LogP contribution in [0.2, 0.25) is 0 Å². The molecule has 1 aliphatic heterocycles. The topological polar surface area (TPSA) is 116 Å². The molecule has 1 spiro atoms. The first-order valence-electron chi connectivity index (χ1n) is 12.5. The number of nitrogens with one attached hydrogen (secondary N) is 4. The average molecular weight is 519 g/mol. The quantitative estimate of drug-likeness (QED) is 0.395. The fourth-order valence-corrected chi connectivity index (χ4v) is 4.55. The molecule has 1 aliphatic carbocycles. The molecule has 36 heavy (non-hydrogen) atoms. The number of hydrogen-bond donors (Lipinski definition) is 4. The minimum atomic E-state index is -5.15.